The molecule has 4 aromatic rings. The molecule has 3 aromatic carbocycles. The van der Waals surface area contributed by atoms with Crippen LogP contribution in [0.25, 0.3) is 33.2 Å². The van der Waals surface area contributed by atoms with E-state index in [1.807, 2.05) is 17.7 Å². The first kappa shape index (κ1) is 16.7. The average molecular weight is 410 g/mol. The molecule has 1 heterocycles. The standard InChI is InChI=1S/C30H32N/c1-19-12-17-26(31(7)18-19)22-15-16-25-27(20(22)2)24-14-13-21-10-8-9-11-23(21)28(24)30(5,6)29(25,3)4/h8-18H,1-7H3/q+1/i1D3. The second-order valence-corrected chi connectivity index (χ2v) is 10.0. The zero-order valence-corrected chi connectivity index (χ0v) is 19.3. The predicted octanol–water partition coefficient (Wildman–Crippen LogP) is 7.18. The van der Waals surface area contributed by atoms with Gasteiger partial charge in [-0.25, -0.2) is 4.57 Å². The number of benzene rings is 3. The summed E-state index contributed by atoms with van der Waals surface area (Å²) in [5.74, 6) is 0. The lowest BCUT2D eigenvalue weighted by Crippen LogP contribution is -2.44. The van der Waals surface area contributed by atoms with E-state index in [0.29, 0.717) is 5.56 Å². The number of rotatable bonds is 1. The Labute approximate surface area is 190 Å². The molecule has 0 bridgehead atoms. The Bertz CT molecular complexity index is 1460. The molecular formula is C30H32N+. The van der Waals surface area contributed by atoms with Gasteiger partial charge in [0.15, 0.2) is 6.20 Å². The highest BCUT2D eigenvalue weighted by molar-refractivity contribution is 5.97. The average Bonchev–Trinajstić information content (AvgIpc) is 2.77. The molecule has 0 aliphatic heterocycles. The van der Waals surface area contributed by atoms with Crippen molar-refractivity contribution in [2.45, 2.75) is 52.3 Å². The summed E-state index contributed by atoms with van der Waals surface area (Å²) in [7, 11) is 1.93. The highest BCUT2D eigenvalue weighted by Gasteiger charge is 2.47. The minimum atomic E-state index is -2.11. The normalized spacial score (nSPS) is 17.9. The molecule has 1 heteroatoms. The maximum Gasteiger partial charge on any atom is 0.212 e. The van der Waals surface area contributed by atoms with Crippen LogP contribution >= 0.6 is 0 Å². The van der Waals surface area contributed by atoms with Gasteiger partial charge in [-0.1, -0.05) is 70.2 Å². The van der Waals surface area contributed by atoms with Crippen LogP contribution in [0.15, 0.2) is 66.9 Å². The predicted molar refractivity (Wildman–Crippen MR) is 132 cm³/mol. The molecule has 0 N–H and O–H groups in total. The largest absolute Gasteiger partial charge is 0.212 e. The first-order valence-electron chi connectivity index (χ1n) is 12.5. The maximum absolute atomic E-state index is 7.76. The van der Waals surface area contributed by atoms with Crippen LogP contribution in [-0.2, 0) is 17.9 Å². The van der Waals surface area contributed by atoms with Crippen LogP contribution in [0, 0.1) is 13.8 Å². The lowest BCUT2D eigenvalue weighted by atomic mass is 9.54. The van der Waals surface area contributed by atoms with Crippen LogP contribution in [0.2, 0.25) is 0 Å². The zero-order chi connectivity index (χ0) is 24.6. The third-order valence-electron chi connectivity index (χ3n) is 7.93. The van der Waals surface area contributed by atoms with Crippen LogP contribution in [0.3, 0.4) is 0 Å². The van der Waals surface area contributed by atoms with Crippen LogP contribution < -0.4 is 4.57 Å². The van der Waals surface area contributed by atoms with E-state index in [1.165, 1.54) is 38.6 Å². The first-order valence-corrected chi connectivity index (χ1v) is 11.0. The van der Waals surface area contributed by atoms with E-state index < -0.39 is 6.85 Å². The van der Waals surface area contributed by atoms with Gasteiger partial charge in [0.2, 0.25) is 5.69 Å². The zero-order valence-electron chi connectivity index (χ0n) is 22.3. The fourth-order valence-electron chi connectivity index (χ4n) is 5.55. The second-order valence-electron chi connectivity index (χ2n) is 10.0. The monoisotopic (exact) mass is 409 g/mol. The molecule has 0 spiro atoms. The van der Waals surface area contributed by atoms with Crippen molar-refractivity contribution in [3.05, 3.63) is 89.1 Å². The topological polar surface area (TPSA) is 3.88 Å². The SMILES string of the molecule is [2H]C([2H])([2H])c1ccc(-c2ccc3c(c2C)-c2ccc4ccccc4c2C(C)(C)C3(C)C)[n+](C)c1. The number of pyridine rings is 1. The fourth-order valence-corrected chi connectivity index (χ4v) is 5.55. The second kappa shape index (κ2) is 6.53. The summed E-state index contributed by atoms with van der Waals surface area (Å²) in [5, 5.41) is 2.59. The van der Waals surface area contributed by atoms with Gasteiger partial charge in [-0.3, -0.25) is 0 Å². The summed E-state index contributed by atoms with van der Waals surface area (Å²) in [6, 6.07) is 21.4. The van der Waals surface area contributed by atoms with E-state index in [9.17, 15) is 0 Å². The van der Waals surface area contributed by atoms with Gasteiger partial charge in [-0.2, -0.15) is 0 Å². The van der Waals surface area contributed by atoms with Crippen LogP contribution in [0.5, 0.6) is 0 Å². The lowest BCUT2D eigenvalue weighted by molar-refractivity contribution is -0.660. The number of aromatic nitrogens is 1. The Balaban J connectivity index is 1.82. The van der Waals surface area contributed by atoms with Crippen molar-refractivity contribution < 1.29 is 8.68 Å². The molecule has 0 saturated heterocycles. The van der Waals surface area contributed by atoms with Gasteiger partial charge in [0, 0.05) is 26.7 Å². The van der Waals surface area contributed by atoms with Gasteiger partial charge < -0.3 is 0 Å². The Hall–Kier alpha value is -2.93. The molecule has 0 atom stereocenters. The van der Waals surface area contributed by atoms with E-state index in [-0.39, 0.29) is 10.8 Å². The molecule has 1 aromatic heterocycles. The summed E-state index contributed by atoms with van der Waals surface area (Å²) in [5.41, 5.74) is 8.98. The van der Waals surface area contributed by atoms with E-state index >= 15 is 0 Å². The third-order valence-corrected chi connectivity index (χ3v) is 7.93. The molecular weight excluding hydrogens is 374 g/mol. The molecule has 0 amide bonds. The number of hydrogen-bond donors (Lipinski definition) is 0. The Morgan fingerprint density at radius 2 is 1.55 bits per heavy atom. The van der Waals surface area contributed by atoms with Crippen molar-refractivity contribution in [1.29, 1.82) is 0 Å². The number of aryl methyl sites for hydroxylation is 2. The summed E-state index contributed by atoms with van der Waals surface area (Å²) in [4.78, 5) is 0. The van der Waals surface area contributed by atoms with E-state index in [2.05, 4.69) is 83.1 Å². The lowest BCUT2D eigenvalue weighted by Gasteiger charge is -2.49. The quantitative estimate of drug-likeness (QED) is 0.293. The van der Waals surface area contributed by atoms with Crippen LogP contribution in [0.1, 0.15) is 54.1 Å². The van der Waals surface area contributed by atoms with Crippen molar-refractivity contribution in [3.8, 4) is 22.4 Å². The maximum atomic E-state index is 7.76. The van der Waals surface area contributed by atoms with Crippen molar-refractivity contribution in [2.75, 3.05) is 0 Å². The van der Waals surface area contributed by atoms with Crippen LogP contribution in [0.4, 0.5) is 0 Å². The molecule has 1 aliphatic rings. The third kappa shape index (κ3) is 2.65. The van der Waals surface area contributed by atoms with Crippen LogP contribution in [-0.4, -0.2) is 0 Å². The Morgan fingerprint density at radius 3 is 2.29 bits per heavy atom. The number of hydrogen-bond acceptors (Lipinski definition) is 0. The van der Waals surface area contributed by atoms with E-state index in [1.54, 1.807) is 12.3 Å². The number of nitrogens with zero attached hydrogens (tertiary/aromatic N) is 1. The molecule has 5 rings (SSSR count). The smallest absolute Gasteiger partial charge is 0.201 e. The van der Waals surface area contributed by atoms with E-state index in [4.69, 9.17) is 4.11 Å². The minimum absolute atomic E-state index is 0.0593. The minimum Gasteiger partial charge on any atom is -0.201 e. The summed E-state index contributed by atoms with van der Waals surface area (Å²) in [6.07, 6.45) is 1.73. The first-order chi connectivity index (χ1) is 15.9. The molecule has 0 unspecified atom stereocenters. The molecule has 1 aliphatic carbocycles. The van der Waals surface area contributed by atoms with Crippen molar-refractivity contribution >= 4 is 10.8 Å². The molecule has 0 saturated carbocycles. The summed E-state index contributed by atoms with van der Waals surface area (Å²) >= 11 is 0. The summed E-state index contributed by atoms with van der Waals surface area (Å²) < 4.78 is 25.2. The van der Waals surface area contributed by atoms with Gasteiger partial charge in [0.1, 0.15) is 7.05 Å². The fraction of sp³-hybridized carbons (Fsp3) is 0.300. The Morgan fingerprint density at radius 1 is 0.806 bits per heavy atom. The molecule has 31 heavy (non-hydrogen) atoms. The molecule has 1 nitrogen and oxygen atoms in total. The van der Waals surface area contributed by atoms with Gasteiger partial charge in [0.25, 0.3) is 0 Å². The highest BCUT2D eigenvalue weighted by Crippen LogP contribution is 2.56. The van der Waals surface area contributed by atoms with Crippen molar-refractivity contribution in [2.24, 2.45) is 7.05 Å². The number of fused-ring (bicyclic) bond motifs is 5. The van der Waals surface area contributed by atoms with Gasteiger partial charge in [-0.05, 0) is 69.9 Å². The Kier molecular flexibility index (Phi) is 3.52. The van der Waals surface area contributed by atoms with Crippen molar-refractivity contribution in [1.82, 2.24) is 0 Å². The molecule has 0 fully saturated rings. The van der Waals surface area contributed by atoms with Gasteiger partial charge in [-0.15, -0.1) is 0 Å². The van der Waals surface area contributed by atoms with Gasteiger partial charge >= 0.3 is 0 Å². The van der Waals surface area contributed by atoms with Crippen molar-refractivity contribution in [3.63, 3.8) is 0 Å². The van der Waals surface area contributed by atoms with E-state index in [0.717, 1.165) is 11.3 Å². The van der Waals surface area contributed by atoms with Gasteiger partial charge in [0.05, 0.1) is 0 Å². The molecule has 156 valence electrons. The molecule has 0 radical (unpaired) electrons. The summed E-state index contributed by atoms with van der Waals surface area (Å²) in [6.45, 7) is 9.56. The highest BCUT2D eigenvalue weighted by atomic mass is 14.9.